The maximum Gasteiger partial charge on any atom is -0.00748 e. The number of rotatable bonds is 2. The molecule has 0 aliphatic heterocycles. The molecule has 54 valence electrons. The smallest absolute Gasteiger partial charge is 0.00748 e. The van der Waals surface area contributed by atoms with Gasteiger partial charge in [0.25, 0.3) is 0 Å². The standard InChI is InChI=1S/C5H13N.2ClH/c1-5(2)3-4-6;;/h5H,3-4,6H2,1-2H3;2*1H. The number of nitrogens with two attached hydrogens (primary N) is 1. The van der Waals surface area contributed by atoms with Crippen molar-refractivity contribution >= 4 is 24.8 Å². The summed E-state index contributed by atoms with van der Waals surface area (Å²) in [5.41, 5.74) is 5.23. The molecule has 0 aliphatic rings. The van der Waals surface area contributed by atoms with E-state index in [1.165, 1.54) is 0 Å². The van der Waals surface area contributed by atoms with E-state index < -0.39 is 0 Å². The topological polar surface area (TPSA) is 26.0 Å². The molecular weight excluding hydrogens is 145 g/mol. The molecule has 0 fully saturated rings. The Bertz CT molecular complexity index is 31.6. The van der Waals surface area contributed by atoms with Crippen molar-refractivity contribution < 1.29 is 0 Å². The van der Waals surface area contributed by atoms with Crippen LogP contribution in [0.5, 0.6) is 0 Å². The van der Waals surface area contributed by atoms with Crippen molar-refractivity contribution in [1.29, 1.82) is 0 Å². The Morgan fingerprint density at radius 3 is 1.62 bits per heavy atom. The normalized spacial score (nSPS) is 7.50. The van der Waals surface area contributed by atoms with Crippen LogP contribution >= 0.6 is 24.8 Å². The van der Waals surface area contributed by atoms with E-state index in [2.05, 4.69) is 13.8 Å². The first-order chi connectivity index (χ1) is 2.77. The van der Waals surface area contributed by atoms with Gasteiger partial charge in [-0.1, -0.05) is 13.8 Å². The second kappa shape index (κ2) is 10.5. The van der Waals surface area contributed by atoms with Crippen molar-refractivity contribution in [3.05, 3.63) is 0 Å². The third-order valence-electron chi connectivity index (χ3n) is 0.744. The quantitative estimate of drug-likeness (QED) is 0.655. The van der Waals surface area contributed by atoms with Crippen molar-refractivity contribution in [2.75, 3.05) is 6.54 Å². The van der Waals surface area contributed by atoms with Gasteiger partial charge >= 0.3 is 0 Å². The highest BCUT2D eigenvalue weighted by atomic mass is 35.5. The lowest BCUT2D eigenvalue weighted by atomic mass is 10.1. The van der Waals surface area contributed by atoms with Gasteiger partial charge in [0, 0.05) is 0 Å². The average Bonchev–Trinajstić information content (AvgIpc) is 1.35. The van der Waals surface area contributed by atoms with Gasteiger partial charge in [0.15, 0.2) is 0 Å². The van der Waals surface area contributed by atoms with E-state index in [4.69, 9.17) is 5.73 Å². The second-order valence-corrected chi connectivity index (χ2v) is 1.97. The van der Waals surface area contributed by atoms with Gasteiger partial charge < -0.3 is 5.73 Å². The predicted octanol–water partition coefficient (Wildman–Crippen LogP) is 1.83. The summed E-state index contributed by atoms with van der Waals surface area (Å²) in [5.74, 6) is 0.773. The van der Waals surface area contributed by atoms with Crippen molar-refractivity contribution in [1.82, 2.24) is 0 Å². The molecule has 0 atom stereocenters. The molecule has 0 heterocycles. The Morgan fingerprint density at radius 2 is 1.62 bits per heavy atom. The molecule has 0 unspecified atom stereocenters. The Kier molecular flexibility index (Phi) is 20.8. The zero-order chi connectivity index (χ0) is 4.99. The van der Waals surface area contributed by atoms with Gasteiger partial charge in [0.05, 0.1) is 0 Å². The molecule has 0 amide bonds. The van der Waals surface area contributed by atoms with Crippen LogP contribution in [0.15, 0.2) is 0 Å². The highest BCUT2D eigenvalue weighted by molar-refractivity contribution is 5.85. The molecule has 0 aromatic carbocycles. The third-order valence-corrected chi connectivity index (χ3v) is 0.744. The van der Waals surface area contributed by atoms with Crippen LogP contribution in [0.4, 0.5) is 0 Å². The molecule has 0 bridgehead atoms. The van der Waals surface area contributed by atoms with Crippen LogP contribution in [0.1, 0.15) is 20.3 Å². The van der Waals surface area contributed by atoms with Crippen LogP contribution in [-0.2, 0) is 0 Å². The molecule has 3 heteroatoms. The maximum atomic E-state index is 5.23. The minimum absolute atomic E-state index is 0. The first-order valence-corrected chi connectivity index (χ1v) is 2.47. The van der Waals surface area contributed by atoms with Gasteiger partial charge in [-0.05, 0) is 18.9 Å². The first-order valence-electron chi connectivity index (χ1n) is 2.47. The molecule has 0 aliphatic carbocycles. The van der Waals surface area contributed by atoms with Crippen LogP contribution in [0.2, 0.25) is 0 Å². The average molecular weight is 160 g/mol. The van der Waals surface area contributed by atoms with E-state index in [1.54, 1.807) is 0 Å². The van der Waals surface area contributed by atoms with E-state index in [0.717, 1.165) is 18.9 Å². The van der Waals surface area contributed by atoms with Crippen molar-refractivity contribution in [2.45, 2.75) is 20.3 Å². The highest BCUT2D eigenvalue weighted by Crippen LogP contribution is 1.93. The fraction of sp³-hybridized carbons (Fsp3) is 1.00. The Morgan fingerprint density at radius 1 is 1.25 bits per heavy atom. The lowest BCUT2D eigenvalue weighted by molar-refractivity contribution is 0.596. The zero-order valence-corrected chi connectivity index (χ0v) is 7.02. The Balaban J connectivity index is -0.000000125. The maximum absolute atomic E-state index is 5.23. The summed E-state index contributed by atoms with van der Waals surface area (Å²) in [6, 6.07) is 0. The highest BCUT2D eigenvalue weighted by Gasteiger charge is 1.85. The van der Waals surface area contributed by atoms with E-state index in [9.17, 15) is 0 Å². The first kappa shape index (κ1) is 15.8. The summed E-state index contributed by atoms with van der Waals surface area (Å²) in [6.45, 7) is 5.18. The van der Waals surface area contributed by atoms with E-state index in [0.29, 0.717) is 0 Å². The van der Waals surface area contributed by atoms with Gasteiger partial charge in [-0.25, -0.2) is 0 Å². The van der Waals surface area contributed by atoms with Crippen molar-refractivity contribution in [2.24, 2.45) is 11.7 Å². The number of hydrogen-bond donors (Lipinski definition) is 1. The molecule has 8 heavy (non-hydrogen) atoms. The van der Waals surface area contributed by atoms with Crippen LogP contribution in [0, 0.1) is 5.92 Å². The molecule has 1 nitrogen and oxygen atoms in total. The molecule has 0 aromatic rings. The summed E-state index contributed by atoms with van der Waals surface area (Å²) in [7, 11) is 0. The monoisotopic (exact) mass is 159 g/mol. The summed E-state index contributed by atoms with van der Waals surface area (Å²) in [4.78, 5) is 0. The van der Waals surface area contributed by atoms with Crippen LogP contribution in [0.3, 0.4) is 0 Å². The fourth-order valence-electron chi connectivity index (χ4n) is 0.333. The number of hydrogen-bond acceptors (Lipinski definition) is 1. The van der Waals surface area contributed by atoms with Gasteiger partial charge in [0.2, 0.25) is 0 Å². The molecular formula is C5H15Cl2N. The fourth-order valence-corrected chi connectivity index (χ4v) is 0.333. The predicted molar refractivity (Wildman–Crippen MR) is 43.0 cm³/mol. The van der Waals surface area contributed by atoms with Crippen molar-refractivity contribution in [3.63, 3.8) is 0 Å². The van der Waals surface area contributed by atoms with Gasteiger partial charge in [-0.2, -0.15) is 0 Å². The summed E-state index contributed by atoms with van der Waals surface area (Å²) >= 11 is 0. The van der Waals surface area contributed by atoms with Gasteiger partial charge in [0.1, 0.15) is 0 Å². The molecule has 0 aromatic heterocycles. The zero-order valence-electron chi connectivity index (χ0n) is 5.39. The molecule has 0 radical (unpaired) electrons. The van der Waals surface area contributed by atoms with Crippen molar-refractivity contribution in [3.8, 4) is 0 Å². The summed E-state index contributed by atoms with van der Waals surface area (Å²) in [6.07, 6.45) is 1.15. The van der Waals surface area contributed by atoms with Crippen LogP contribution in [-0.4, -0.2) is 6.54 Å². The largest absolute Gasteiger partial charge is 0.330 e. The molecule has 0 rings (SSSR count). The lowest BCUT2D eigenvalue weighted by Crippen LogP contribution is -2.01. The van der Waals surface area contributed by atoms with Gasteiger partial charge in [-0.15, -0.1) is 24.8 Å². The van der Waals surface area contributed by atoms with E-state index in [-0.39, 0.29) is 24.8 Å². The Hall–Kier alpha value is 0.540. The Labute approximate surface area is 63.8 Å². The van der Waals surface area contributed by atoms with Gasteiger partial charge in [-0.3, -0.25) is 0 Å². The molecule has 0 saturated carbocycles. The SMILES string of the molecule is CC(C)CCN.Cl.Cl. The summed E-state index contributed by atoms with van der Waals surface area (Å²) < 4.78 is 0. The van der Waals surface area contributed by atoms with E-state index >= 15 is 0 Å². The third kappa shape index (κ3) is 16.0. The molecule has 0 spiro atoms. The van der Waals surface area contributed by atoms with Crippen LogP contribution < -0.4 is 5.73 Å². The lowest BCUT2D eigenvalue weighted by Gasteiger charge is -1.96. The second-order valence-electron chi connectivity index (χ2n) is 1.97. The summed E-state index contributed by atoms with van der Waals surface area (Å²) in [5, 5.41) is 0. The molecule has 0 saturated heterocycles. The minimum atomic E-state index is 0. The minimum Gasteiger partial charge on any atom is -0.330 e. The van der Waals surface area contributed by atoms with E-state index in [1.807, 2.05) is 0 Å². The number of halogens is 2. The molecule has 2 N–H and O–H groups in total. The van der Waals surface area contributed by atoms with Crippen LogP contribution in [0.25, 0.3) is 0 Å².